The summed E-state index contributed by atoms with van der Waals surface area (Å²) in [5.74, 6) is 0. The van der Waals surface area contributed by atoms with Crippen LogP contribution in [-0.4, -0.2) is 0 Å². The third-order valence-corrected chi connectivity index (χ3v) is 5.61. The summed E-state index contributed by atoms with van der Waals surface area (Å²) in [7, 11) is 0. The molecule has 0 heterocycles. The van der Waals surface area contributed by atoms with Gasteiger partial charge in [-0.15, -0.1) is 0 Å². The molecule has 0 nitrogen and oxygen atoms in total. The molecule has 0 radical (unpaired) electrons. The normalized spacial score (nSPS) is 11.8. The van der Waals surface area contributed by atoms with E-state index in [9.17, 15) is 0 Å². The second-order valence-electron chi connectivity index (χ2n) is 7.00. The van der Waals surface area contributed by atoms with Gasteiger partial charge in [-0.1, -0.05) is 97.1 Å². The molecule has 0 spiro atoms. The average molecular weight is 328 g/mol. The van der Waals surface area contributed by atoms with Crippen molar-refractivity contribution in [2.24, 2.45) is 0 Å². The van der Waals surface area contributed by atoms with Crippen molar-refractivity contribution in [3.05, 3.63) is 97.1 Å². The van der Waals surface area contributed by atoms with Crippen LogP contribution in [0.1, 0.15) is 0 Å². The Hall–Kier alpha value is -3.38. The molecule has 0 saturated carbocycles. The van der Waals surface area contributed by atoms with Crippen LogP contribution < -0.4 is 0 Å². The summed E-state index contributed by atoms with van der Waals surface area (Å²) in [6.45, 7) is 0. The summed E-state index contributed by atoms with van der Waals surface area (Å²) in [6.07, 6.45) is 0. The maximum absolute atomic E-state index is 2.29. The molecule has 0 saturated heterocycles. The van der Waals surface area contributed by atoms with Gasteiger partial charge >= 0.3 is 0 Å². The van der Waals surface area contributed by atoms with E-state index in [-0.39, 0.29) is 0 Å². The fourth-order valence-corrected chi connectivity index (χ4v) is 4.43. The summed E-state index contributed by atoms with van der Waals surface area (Å²) in [6, 6.07) is 35.4. The summed E-state index contributed by atoms with van der Waals surface area (Å²) in [4.78, 5) is 0. The molecule has 0 aliphatic carbocycles. The predicted octanol–water partition coefficient (Wildman–Crippen LogP) is 7.40. The van der Waals surface area contributed by atoms with Gasteiger partial charge in [0, 0.05) is 0 Å². The van der Waals surface area contributed by atoms with Crippen LogP contribution in [0.25, 0.3) is 54.2 Å². The summed E-state index contributed by atoms with van der Waals surface area (Å²) in [5, 5.41) is 10.6. The van der Waals surface area contributed by atoms with Gasteiger partial charge in [-0.2, -0.15) is 0 Å². The number of fused-ring (bicyclic) bond motifs is 1. The van der Waals surface area contributed by atoms with Crippen LogP contribution in [0.5, 0.6) is 0 Å². The standard InChI is InChI=1S/C26H16/c1-2-9-21-17(5-1)6-4-10-22(21)23-15-13-20-12-11-18-7-3-8-19-14-16-24(23)26(20)25(18)19/h1-16H. The zero-order chi connectivity index (χ0) is 17.1. The van der Waals surface area contributed by atoms with Crippen molar-refractivity contribution in [2.45, 2.75) is 0 Å². The van der Waals surface area contributed by atoms with Crippen LogP contribution in [0.2, 0.25) is 0 Å². The molecule has 0 heteroatoms. The van der Waals surface area contributed by atoms with E-state index < -0.39 is 0 Å². The van der Waals surface area contributed by atoms with Crippen molar-refractivity contribution in [3.63, 3.8) is 0 Å². The van der Waals surface area contributed by atoms with Gasteiger partial charge in [0.1, 0.15) is 0 Å². The molecular formula is C26H16. The van der Waals surface area contributed by atoms with E-state index in [1.54, 1.807) is 0 Å². The largest absolute Gasteiger partial charge is 0.0616 e. The van der Waals surface area contributed by atoms with Crippen LogP contribution in [0.4, 0.5) is 0 Å². The Kier molecular flexibility index (Phi) is 2.70. The van der Waals surface area contributed by atoms with E-state index in [0.717, 1.165) is 0 Å². The lowest BCUT2D eigenvalue weighted by Crippen LogP contribution is -1.88. The zero-order valence-electron chi connectivity index (χ0n) is 14.2. The lowest BCUT2D eigenvalue weighted by Gasteiger charge is -2.15. The number of hydrogen-bond acceptors (Lipinski definition) is 0. The number of benzene rings is 6. The van der Waals surface area contributed by atoms with Gasteiger partial charge in [0.2, 0.25) is 0 Å². The minimum Gasteiger partial charge on any atom is -0.0616 e. The van der Waals surface area contributed by atoms with E-state index in [2.05, 4.69) is 97.1 Å². The fraction of sp³-hybridized carbons (Fsp3) is 0. The van der Waals surface area contributed by atoms with Crippen molar-refractivity contribution in [3.8, 4) is 11.1 Å². The molecule has 0 N–H and O–H groups in total. The Balaban J connectivity index is 1.82. The first-order valence-corrected chi connectivity index (χ1v) is 9.05. The molecule has 0 aromatic heterocycles. The third-order valence-electron chi connectivity index (χ3n) is 5.61. The first-order chi connectivity index (χ1) is 12.9. The highest BCUT2D eigenvalue weighted by Gasteiger charge is 2.13. The van der Waals surface area contributed by atoms with E-state index >= 15 is 0 Å². The minimum absolute atomic E-state index is 1.29. The van der Waals surface area contributed by atoms with Crippen molar-refractivity contribution in [2.75, 3.05) is 0 Å². The Morgan fingerprint density at radius 2 is 0.885 bits per heavy atom. The highest BCUT2D eigenvalue weighted by Crippen LogP contribution is 2.40. The lowest BCUT2D eigenvalue weighted by atomic mass is 9.88. The van der Waals surface area contributed by atoms with Gasteiger partial charge in [0.15, 0.2) is 0 Å². The minimum atomic E-state index is 1.29. The van der Waals surface area contributed by atoms with Crippen LogP contribution in [0.3, 0.4) is 0 Å². The molecule has 6 aromatic carbocycles. The van der Waals surface area contributed by atoms with Crippen molar-refractivity contribution < 1.29 is 0 Å². The second-order valence-corrected chi connectivity index (χ2v) is 7.00. The first-order valence-electron chi connectivity index (χ1n) is 9.05. The van der Waals surface area contributed by atoms with Gasteiger partial charge in [0.25, 0.3) is 0 Å². The third kappa shape index (κ3) is 1.79. The van der Waals surface area contributed by atoms with E-state index in [0.29, 0.717) is 0 Å². The molecule has 0 fully saturated rings. The summed E-state index contributed by atoms with van der Waals surface area (Å²) in [5.41, 5.74) is 2.62. The van der Waals surface area contributed by atoms with Crippen molar-refractivity contribution in [1.82, 2.24) is 0 Å². The average Bonchev–Trinajstić information content (AvgIpc) is 2.71. The van der Waals surface area contributed by atoms with Gasteiger partial charge in [-0.05, 0) is 54.2 Å². The Morgan fingerprint density at radius 1 is 0.308 bits per heavy atom. The molecule has 0 aliphatic rings. The molecular weight excluding hydrogens is 312 g/mol. The van der Waals surface area contributed by atoms with Crippen LogP contribution >= 0.6 is 0 Å². The Bertz CT molecular complexity index is 1400. The summed E-state index contributed by atoms with van der Waals surface area (Å²) >= 11 is 0. The van der Waals surface area contributed by atoms with Gasteiger partial charge in [-0.3, -0.25) is 0 Å². The van der Waals surface area contributed by atoms with Gasteiger partial charge in [-0.25, -0.2) is 0 Å². The monoisotopic (exact) mass is 328 g/mol. The Morgan fingerprint density at radius 3 is 1.77 bits per heavy atom. The molecule has 0 atom stereocenters. The van der Waals surface area contributed by atoms with E-state index in [1.165, 1.54) is 54.2 Å². The molecule has 0 aliphatic heterocycles. The van der Waals surface area contributed by atoms with Crippen molar-refractivity contribution >= 4 is 43.1 Å². The maximum atomic E-state index is 2.29. The maximum Gasteiger partial charge on any atom is -0.00206 e. The molecule has 0 amide bonds. The van der Waals surface area contributed by atoms with Gasteiger partial charge < -0.3 is 0 Å². The molecule has 120 valence electrons. The lowest BCUT2D eigenvalue weighted by molar-refractivity contribution is 1.70. The summed E-state index contributed by atoms with van der Waals surface area (Å²) < 4.78 is 0. The van der Waals surface area contributed by atoms with Crippen LogP contribution in [0.15, 0.2) is 97.1 Å². The number of rotatable bonds is 1. The molecule has 6 rings (SSSR count). The quantitative estimate of drug-likeness (QED) is 0.276. The topological polar surface area (TPSA) is 0 Å². The molecule has 0 bridgehead atoms. The highest BCUT2D eigenvalue weighted by atomic mass is 14.2. The van der Waals surface area contributed by atoms with Crippen molar-refractivity contribution in [1.29, 1.82) is 0 Å². The van der Waals surface area contributed by atoms with E-state index in [1.807, 2.05) is 0 Å². The fourth-order valence-electron chi connectivity index (χ4n) is 4.43. The number of hydrogen-bond donors (Lipinski definition) is 0. The predicted molar refractivity (Wildman–Crippen MR) is 113 cm³/mol. The second kappa shape index (κ2) is 5.06. The zero-order valence-corrected chi connectivity index (χ0v) is 14.2. The van der Waals surface area contributed by atoms with Gasteiger partial charge in [0.05, 0.1) is 0 Å². The smallest absolute Gasteiger partial charge is 0.00206 e. The molecule has 26 heavy (non-hydrogen) atoms. The van der Waals surface area contributed by atoms with Crippen LogP contribution in [-0.2, 0) is 0 Å². The molecule has 0 unspecified atom stereocenters. The SMILES string of the molecule is c1ccc2c(-c3ccc4ccc5cccc6ccc3c4c56)cccc2c1. The highest BCUT2D eigenvalue weighted by molar-refractivity contribution is 6.26. The Labute approximate surface area is 151 Å². The van der Waals surface area contributed by atoms with Crippen LogP contribution in [0, 0.1) is 0 Å². The molecule has 6 aromatic rings. The first kappa shape index (κ1) is 13.9. The van der Waals surface area contributed by atoms with E-state index in [4.69, 9.17) is 0 Å².